The normalized spacial score (nSPS) is 27.7. The van der Waals surface area contributed by atoms with Crippen molar-refractivity contribution >= 4 is 31.5 Å². The number of nitrogens with two attached hydrogens (primary N) is 1. The zero-order valence-corrected chi connectivity index (χ0v) is 24.7. The van der Waals surface area contributed by atoms with Crippen LogP contribution in [-0.4, -0.2) is 83.1 Å². The van der Waals surface area contributed by atoms with Crippen LogP contribution < -0.4 is 16.0 Å². The fourth-order valence-electron chi connectivity index (χ4n) is 5.77. The number of piperazine rings is 1. The van der Waals surface area contributed by atoms with Crippen molar-refractivity contribution in [3.63, 3.8) is 0 Å². The molecule has 1 aliphatic heterocycles. The number of carbonyl (C=O) groups is 1. The summed E-state index contributed by atoms with van der Waals surface area (Å²) in [6.45, 7) is 12.3. The number of anilines is 1. The van der Waals surface area contributed by atoms with Crippen LogP contribution in [0.15, 0.2) is 24.3 Å². The number of hydrogen-bond donors (Lipinski definition) is 2. The van der Waals surface area contributed by atoms with Crippen LogP contribution in [-0.2, 0) is 24.7 Å². The van der Waals surface area contributed by atoms with Crippen LogP contribution in [0.1, 0.15) is 46.1 Å². The largest absolute Gasteiger partial charge is 0.369 e. The lowest BCUT2D eigenvalue weighted by Crippen LogP contribution is -2.57. The summed E-state index contributed by atoms with van der Waals surface area (Å²) in [6, 6.07) is 6.76. The first-order valence-corrected chi connectivity index (χ1v) is 16.7. The highest BCUT2D eigenvalue weighted by molar-refractivity contribution is 7.90. The number of rotatable bonds is 9. The number of hydrogen-bond acceptors (Lipinski definition) is 7. The standard InChI is InChI=1S/C26H44N4O5S2/c1-19-9-7-8-10-22(19)29-12-14-30(15-13-29)37(34,35)18-26(5)23(17-20(2)25(26,3)4)28-24(31)21(27)11-16-36(6,32)33/h7-10,20-21,23H,11-18,27H2,1-6H3,(H,28,31)/t20?,21-,23-,26?/m0/s1. The topological polar surface area (TPSA) is 130 Å². The highest BCUT2D eigenvalue weighted by Gasteiger charge is 2.58. The Kier molecular flexibility index (Phi) is 8.73. The van der Waals surface area contributed by atoms with E-state index in [1.807, 2.05) is 19.1 Å². The molecule has 210 valence electrons. The number of carbonyl (C=O) groups excluding carboxylic acids is 1. The lowest BCUT2D eigenvalue weighted by molar-refractivity contribution is -0.124. The van der Waals surface area contributed by atoms with Gasteiger partial charge in [-0.25, -0.2) is 16.8 Å². The lowest BCUT2D eigenvalue weighted by Gasteiger charge is -2.45. The van der Waals surface area contributed by atoms with Crippen LogP contribution in [0, 0.1) is 23.7 Å². The zero-order valence-electron chi connectivity index (χ0n) is 23.0. The molecule has 3 rings (SSSR count). The summed E-state index contributed by atoms with van der Waals surface area (Å²) in [7, 11) is -6.85. The SMILES string of the molecule is Cc1ccccc1N1CCN(S(=O)(=O)CC2(C)[C@@H](NC(=O)[C@@H](N)CCS(C)(=O)=O)CC(C)C2(C)C)CC1. The maximum absolute atomic E-state index is 13.7. The van der Waals surface area contributed by atoms with Gasteiger partial charge in [-0.3, -0.25) is 4.79 Å². The summed E-state index contributed by atoms with van der Waals surface area (Å²) < 4.78 is 52.0. The maximum Gasteiger partial charge on any atom is 0.237 e. The van der Waals surface area contributed by atoms with E-state index < -0.39 is 43.3 Å². The predicted octanol–water partition coefficient (Wildman–Crippen LogP) is 1.77. The molecule has 0 radical (unpaired) electrons. The van der Waals surface area contributed by atoms with Gasteiger partial charge in [0, 0.05) is 49.6 Å². The summed E-state index contributed by atoms with van der Waals surface area (Å²) in [4.78, 5) is 15.1. The second-order valence-corrected chi connectivity index (χ2v) is 16.0. The van der Waals surface area contributed by atoms with Crippen molar-refractivity contribution in [1.82, 2.24) is 9.62 Å². The molecule has 1 aromatic rings. The van der Waals surface area contributed by atoms with Gasteiger partial charge in [0.05, 0.1) is 17.5 Å². The Hall–Kier alpha value is -1.69. The fourth-order valence-corrected chi connectivity index (χ4v) is 8.69. The molecule has 11 heteroatoms. The molecule has 4 atom stereocenters. The Balaban J connectivity index is 1.73. The van der Waals surface area contributed by atoms with Crippen molar-refractivity contribution in [2.24, 2.45) is 22.5 Å². The lowest BCUT2D eigenvalue weighted by atomic mass is 9.66. The monoisotopic (exact) mass is 556 g/mol. The molecule has 0 spiro atoms. The van der Waals surface area contributed by atoms with Gasteiger partial charge in [0.15, 0.2) is 0 Å². The number of aryl methyl sites for hydroxylation is 1. The van der Waals surface area contributed by atoms with Crippen molar-refractivity contribution < 1.29 is 21.6 Å². The number of nitrogens with zero attached hydrogens (tertiary/aromatic N) is 2. The van der Waals surface area contributed by atoms with Crippen molar-refractivity contribution in [3.05, 3.63) is 29.8 Å². The minimum Gasteiger partial charge on any atom is -0.369 e. The minimum atomic E-state index is -3.61. The molecular formula is C26H44N4O5S2. The number of benzene rings is 1. The Labute approximate surface area is 223 Å². The van der Waals surface area contributed by atoms with Gasteiger partial charge in [-0.05, 0) is 42.7 Å². The molecule has 0 bridgehead atoms. The van der Waals surface area contributed by atoms with Gasteiger partial charge < -0.3 is 16.0 Å². The molecule has 37 heavy (non-hydrogen) atoms. The van der Waals surface area contributed by atoms with Crippen molar-refractivity contribution in [1.29, 1.82) is 0 Å². The average molecular weight is 557 g/mol. The maximum atomic E-state index is 13.7. The van der Waals surface area contributed by atoms with E-state index in [1.54, 1.807) is 4.31 Å². The van der Waals surface area contributed by atoms with E-state index in [1.165, 1.54) is 5.56 Å². The third kappa shape index (κ3) is 6.49. The molecule has 1 saturated carbocycles. The van der Waals surface area contributed by atoms with Gasteiger partial charge in [-0.2, -0.15) is 4.31 Å². The van der Waals surface area contributed by atoms with Crippen LogP contribution in [0.3, 0.4) is 0 Å². The van der Waals surface area contributed by atoms with Gasteiger partial charge in [0.25, 0.3) is 0 Å². The Bertz CT molecular complexity index is 1190. The zero-order chi connectivity index (χ0) is 27.8. The molecule has 1 amide bonds. The Morgan fingerprint density at radius 3 is 2.27 bits per heavy atom. The van der Waals surface area contributed by atoms with Crippen LogP contribution in [0.25, 0.3) is 0 Å². The molecule has 1 aliphatic carbocycles. The van der Waals surface area contributed by atoms with Gasteiger partial charge in [0.1, 0.15) is 9.84 Å². The molecule has 1 saturated heterocycles. The highest BCUT2D eigenvalue weighted by Crippen LogP contribution is 2.56. The molecule has 1 aromatic carbocycles. The van der Waals surface area contributed by atoms with E-state index in [2.05, 4.69) is 50.0 Å². The van der Waals surface area contributed by atoms with Gasteiger partial charge in [0.2, 0.25) is 15.9 Å². The number of sulfonamides is 1. The first-order chi connectivity index (χ1) is 17.0. The first kappa shape index (κ1) is 29.9. The Morgan fingerprint density at radius 1 is 1.11 bits per heavy atom. The molecule has 2 aliphatic rings. The minimum absolute atomic E-state index is 0.0243. The molecule has 3 N–H and O–H groups in total. The summed E-state index contributed by atoms with van der Waals surface area (Å²) >= 11 is 0. The molecular weight excluding hydrogens is 512 g/mol. The first-order valence-electron chi connectivity index (χ1n) is 13.0. The van der Waals surface area contributed by atoms with Gasteiger partial charge in [-0.1, -0.05) is 45.9 Å². The van der Waals surface area contributed by atoms with Crippen molar-refractivity contribution in [3.8, 4) is 0 Å². The van der Waals surface area contributed by atoms with Crippen LogP contribution in [0.2, 0.25) is 0 Å². The van der Waals surface area contributed by atoms with E-state index in [0.29, 0.717) is 32.6 Å². The second-order valence-electron chi connectivity index (χ2n) is 11.8. The average Bonchev–Trinajstić information content (AvgIpc) is 2.96. The van der Waals surface area contributed by atoms with Crippen molar-refractivity contribution in [2.75, 3.05) is 48.8 Å². The molecule has 2 fully saturated rings. The number of para-hydroxylation sites is 1. The third-order valence-corrected chi connectivity index (χ3v) is 12.2. The summed E-state index contributed by atoms with van der Waals surface area (Å²) in [5.74, 6) is -0.517. The highest BCUT2D eigenvalue weighted by atomic mass is 32.2. The van der Waals surface area contributed by atoms with E-state index in [0.717, 1.165) is 11.9 Å². The molecule has 1 heterocycles. The van der Waals surface area contributed by atoms with Gasteiger partial charge in [-0.15, -0.1) is 0 Å². The summed E-state index contributed by atoms with van der Waals surface area (Å²) in [6.07, 6.45) is 1.77. The van der Waals surface area contributed by atoms with Crippen LogP contribution in [0.5, 0.6) is 0 Å². The summed E-state index contributed by atoms with van der Waals surface area (Å²) in [5, 5.41) is 3.00. The van der Waals surface area contributed by atoms with E-state index in [-0.39, 0.29) is 29.3 Å². The van der Waals surface area contributed by atoms with E-state index in [9.17, 15) is 21.6 Å². The third-order valence-electron chi connectivity index (χ3n) is 9.09. The van der Waals surface area contributed by atoms with Gasteiger partial charge >= 0.3 is 0 Å². The fraction of sp³-hybridized carbons (Fsp3) is 0.731. The van der Waals surface area contributed by atoms with Crippen LogP contribution >= 0.6 is 0 Å². The second kappa shape index (κ2) is 10.8. The van der Waals surface area contributed by atoms with E-state index >= 15 is 0 Å². The molecule has 0 aromatic heterocycles. The van der Waals surface area contributed by atoms with Crippen LogP contribution in [0.4, 0.5) is 5.69 Å². The predicted molar refractivity (Wildman–Crippen MR) is 149 cm³/mol. The number of sulfone groups is 1. The quantitative estimate of drug-likeness (QED) is 0.474. The Morgan fingerprint density at radius 2 is 1.70 bits per heavy atom. The molecule has 2 unspecified atom stereocenters. The molecule has 9 nitrogen and oxygen atoms in total. The van der Waals surface area contributed by atoms with E-state index in [4.69, 9.17) is 5.73 Å². The number of amides is 1. The van der Waals surface area contributed by atoms with Crippen molar-refractivity contribution in [2.45, 2.75) is 59.5 Å². The smallest absolute Gasteiger partial charge is 0.237 e. The number of nitrogens with one attached hydrogen (secondary N) is 1. The summed E-state index contributed by atoms with van der Waals surface area (Å²) in [5.41, 5.74) is 7.21.